The summed E-state index contributed by atoms with van der Waals surface area (Å²) in [5, 5.41) is 0. The first-order valence-electron chi connectivity index (χ1n) is 23.0. The Bertz CT molecular complexity index is 1070. The predicted octanol–water partition coefficient (Wildman–Crippen LogP) is 10.2. The molecule has 2 aliphatic rings. The third-order valence-electron chi connectivity index (χ3n) is 10.4. The van der Waals surface area contributed by atoms with Crippen LogP contribution < -0.4 is 0 Å². The van der Waals surface area contributed by atoms with Crippen molar-refractivity contribution in [1.82, 2.24) is 0 Å². The summed E-state index contributed by atoms with van der Waals surface area (Å²) in [4.78, 5) is 1.11. The summed E-state index contributed by atoms with van der Waals surface area (Å²) in [5.41, 5.74) is -0.347. The van der Waals surface area contributed by atoms with Gasteiger partial charge in [-0.3, -0.25) is 0 Å². The van der Waals surface area contributed by atoms with Gasteiger partial charge in [0.2, 0.25) is 0 Å². The Labute approximate surface area is 351 Å². The molecule has 0 saturated carbocycles. The average molecular weight is 827 g/mol. The normalized spacial score (nSPS) is 27.9. The van der Waals surface area contributed by atoms with Crippen molar-refractivity contribution >= 4 is 11.8 Å². The molecule has 11 heteroatoms. The van der Waals surface area contributed by atoms with Crippen LogP contribution in [0.2, 0.25) is 0 Å². The predicted molar refractivity (Wildman–Crippen MR) is 229 cm³/mol. The van der Waals surface area contributed by atoms with Gasteiger partial charge >= 0.3 is 0 Å². The van der Waals surface area contributed by atoms with Gasteiger partial charge in [0, 0.05) is 51.1 Å². The van der Waals surface area contributed by atoms with Crippen LogP contribution in [-0.2, 0) is 47.4 Å². The van der Waals surface area contributed by atoms with E-state index in [0.717, 1.165) is 94.8 Å². The Balaban J connectivity index is 2.01. The highest BCUT2D eigenvalue weighted by molar-refractivity contribution is 7.99. The summed E-state index contributed by atoms with van der Waals surface area (Å²) in [5.74, 6) is 0. The van der Waals surface area contributed by atoms with Crippen molar-refractivity contribution in [3.63, 3.8) is 0 Å². The van der Waals surface area contributed by atoms with Crippen LogP contribution in [0, 0.1) is 0 Å². The molecule has 6 unspecified atom stereocenters. The maximum Gasteiger partial charge on any atom is 0.187 e. The van der Waals surface area contributed by atoms with E-state index < -0.39 is 36.8 Å². The Hall–Kier alpha value is -0.830. The zero-order chi connectivity index (χ0) is 40.9. The van der Waals surface area contributed by atoms with Gasteiger partial charge in [-0.25, -0.2) is 0 Å². The monoisotopic (exact) mass is 827 g/mol. The number of thioether (sulfide) groups is 1. The SMILES string of the molecule is CCCCOCC1O[C@H](OCC2O[C@@H](Sc3ccccc3)C(OCCCC)C(OCCCC)[C@@H]2OCCCC)C(OCCCC)C(OCCCC)[C@@H]1OCCCC. The molecule has 0 aliphatic carbocycles. The first-order chi connectivity index (χ1) is 28.1. The first kappa shape index (κ1) is 50.5. The second-order valence-electron chi connectivity index (χ2n) is 15.4. The number of rotatable bonds is 34. The van der Waals surface area contributed by atoms with Gasteiger partial charge in [-0.2, -0.15) is 0 Å². The third kappa shape index (κ3) is 18.4. The molecular weight excluding hydrogens is 745 g/mol. The molecule has 1 aromatic rings. The van der Waals surface area contributed by atoms with Crippen molar-refractivity contribution in [2.24, 2.45) is 0 Å². The molecule has 10 nitrogen and oxygen atoms in total. The van der Waals surface area contributed by atoms with Gasteiger partial charge in [0.1, 0.15) is 54.3 Å². The van der Waals surface area contributed by atoms with Crippen molar-refractivity contribution in [3.8, 4) is 0 Å². The minimum atomic E-state index is -0.739. The number of hydrogen-bond acceptors (Lipinski definition) is 11. The maximum absolute atomic E-state index is 7.08. The van der Waals surface area contributed by atoms with Gasteiger partial charge in [0.25, 0.3) is 0 Å². The van der Waals surface area contributed by atoms with Crippen molar-refractivity contribution in [1.29, 1.82) is 0 Å². The molecule has 2 fully saturated rings. The minimum Gasteiger partial charge on any atom is -0.379 e. The molecule has 0 bridgehead atoms. The summed E-state index contributed by atoms with van der Waals surface area (Å²) in [7, 11) is 0. The third-order valence-corrected chi connectivity index (χ3v) is 11.5. The molecule has 0 N–H and O–H groups in total. The van der Waals surface area contributed by atoms with Gasteiger partial charge in [0.15, 0.2) is 6.29 Å². The molecular formula is C46H82O10S. The Kier molecular flexibility index (Phi) is 28.3. The fraction of sp³-hybridized carbons (Fsp3) is 0.870. The van der Waals surface area contributed by atoms with Crippen LogP contribution in [0.4, 0.5) is 0 Å². The van der Waals surface area contributed by atoms with E-state index in [-0.39, 0.29) is 30.4 Å². The summed E-state index contributed by atoms with van der Waals surface area (Å²) in [6.07, 6.45) is 9.93. The molecule has 2 heterocycles. The topological polar surface area (TPSA) is 92.3 Å². The second kappa shape index (κ2) is 32.0. The smallest absolute Gasteiger partial charge is 0.187 e. The summed E-state index contributed by atoms with van der Waals surface area (Å²) in [6.45, 7) is 20.1. The van der Waals surface area contributed by atoms with E-state index in [9.17, 15) is 0 Å². The van der Waals surface area contributed by atoms with Gasteiger partial charge in [-0.05, 0) is 57.1 Å². The maximum atomic E-state index is 7.08. The van der Waals surface area contributed by atoms with Crippen LogP contribution in [0.1, 0.15) is 138 Å². The van der Waals surface area contributed by atoms with Crippen molar-refractivity contribution in [3.05, 3.63) is 30.3 Å². The lowest BCUT2D eigenvalue weighted by Crippen LogP contribution is -2.63. The molecule has 332 valence electrons. The molecule has 0 amide bonds. The lowest BCUT2D eigenvalue weighted by molar-refractivity contribution is -0.333. The molecule has 1 aromatic carbocycles. The second-order valence-corrected chi connectivity index (χ2v) is 16.6. The van der Waals surface area contributed by atoms with E-state index in [2.05, 4.69) is 72.7 Å². The molecule has 2 saturated heterocycles. The van der Waals surface area contributed by atoms with Crippen LogP contribution in [0.3, 0.4) is 0 Å². The van der Waals surface area contributed by atoms with Gasteiger partial charge < -0.3 is 47.4 Å². The Morgan fingerprint density at radius 2 is 0.825 bits per heavy atom. The van der Waals surface area contributed by atoms with E-state index in [4.69, 9.17) is 47.4 Å². The van der Waals surface area contributed by atoms with Crippen LogP contribution in [0.5, 0.6) is 0 Å². The largest absolute Gasteiger partial charge is 0.379 e. The van der Waals surface area contributed by atoms with Gasteiger partial charge in [-0.1, -0.05) is 123 Å². The fourth-order valence-corrected chi connectivity index (χ4v) is 7.99. The number of benzene rings is 1. The van der Waals surface area contributed by atoms with E-state index in [1.165, 1.54) is 0 Å². The summed E-state index contributed by atoms with van der Waals surface area (Å²) in [6, 6.07) is 10.4. The van der Waals surface area contributed by atoms with Crippen LogP contribution in [-0.4, -0.2) is 120 Å². The highest BCUT2D eigenvalue weighted by Gasteiger charge is 2.52. The molecule has 10 atom stereocenters. The van der Waals surface area contributed by atoms with Crippen molar-refractivity contribution < 1.29 is 47.4 Å². The molecule has 0 aromatic heterocycles. The van der Waals surface area contributed by atoms with Crippen LogP contribution >= 0.6 is 11.8 Å². The van der Waals surface area contributed by atoms with E-state index in [1.807, 2.05) is 6.07 Å². The van der Waals surface area contributed by atoms with Crippen LogP contribution in [0.15, 0.2) is 35.2 Å². The average Bonchev–Trinajstić information content (AvgIpc) is 3.22. The zero-order valence-electron chi connectivity index (χ0n) is 36.9. The quantitative estimate of drug-likeness (QED) is 0.0622. The number of unbranched alkanes of at least 4 members (excludes halogenated alkanes) is 7. The van der Waals surface area contributed by atoms with Gasteiger partial charge in [0.05, 0.1) is 13.2 Å². The molecule has 2 aliphatic heterocycles. The lowest BCUT2D eigenvalue weighted by atomic mass is 9.97. The Morgan fingerprint density at radius 1 is 0.421 bits per heavy atom. The molecule has 57 heavy (non-hydrogen) atoms. The standard InChI is InChI=1S/C46H82O10S/c1-8-15-27-47-34-37-39(48-28-16-9-2)41(50-30-18-11-4)43(52-32-20-13-6)45(55-37)54-35-38-40(49-29-17-10-3)42(51-31-19-12-5)44(53-33-21-14-7)46(56-38)57-36-25-23-22-24-26-36/h22-26,37-46H,8-21,27-35H2,1-7H3/t37?,38?,39-,40-,41?,42?,43?,44?,45+,46+/m1/s1. The highest BCUT2D eigenvalue weighted by atomic mass is 32.2. The first-order valence-corrected chi connectivity index (χ1v) is 23.9. The molecule has 0 radical (unpaired) electrons. The van der Waals surface area contributed by atoms with E-state index in [0.29, 0.717) is 52.9 Å². The zero-order valence-corrected chi connectivity index (χ0v) is 37.7. The summed E-state index contributed by atoms with van der Waals surface area (Å²) >= 11 is 1.67. The number of ether oxygens (including phenoxy) is 10. The van der Waals surface area contributed by atoms with Crippen molar-refractivity contribution in [2.75, 3.05) is 59.5 Å². The fourth-order valence-electron chi connectivity index (χ4n) is 6.84. The molecule has 3 rings (SSSR count). The number of hydrogen-bond donors (Lipinski definition) is 0. The summed E-state index contributed by atoms with van der Waals surface area (Å²) < 4.78 is 67.4. The van der Waals surface area contributed by atoms with Gasteiger partial charge in [-0.15, -0.1) is 0 Å². The molecule has 0 spiro atoms. The van der Waals surface area contributed by atoms with Crippen LogP contribution in [0.25, 0.3) is 0 Å². The minimum absolute atomic E-state index is 0.211. The van der Waals surface area contributed by atoms with Crippen molar-refractivity contribution in [2.45, 2.75) is 204 Å². The Morgan fingerprint density at radius 3 is 1.32 bits per heavy atom. The van der Waals surface area contributed by atoms with E-state index >= 15 is 0 Å². The van der Waals surface area contributed by atoms with E-state index in [1.54, 1.807) is 11.8 Å². The highest BCUT2D eigenvalue weighted by Crippen LogP contribution is 2.38. The lowest BCUT2D eigenvalue weighted by Gasteiger charge is -2.48.